The van der Waals surface area contributed by atoms with Crippen LogP contribution in [0.25, 0.3) is 6.08 Å². The minimum absolute atomic E-state index is 0.0539. The fourth-order valence-corrected chi connectivity index (χ4v) is 2.38. The summed E-state index contributed by atoms with van der Waals surface area (Å²) in [6, 6.07) is 3.54. The number of rotatable bonds is 6. The summed E-state index contributed by atoms with van der Waals surface area (Å²) in [5, 5.41) is 8.48. The number of alkyl halides is 3. The van der Waals surface area contributed by atoms with Crippen LogP contribution in [0.2, 0.25) is 0 Å². The molecular formula is C12H14F3NO2S. The van der Waals surface area contributed by atoms with Crippen LogP contribution in [0.3, 0.4) is 0 Å². The molecule has 19 heavy (non-hydrogen) atoms. The minimum atomic E-state index is -4.14. The second-order valence-electron chi connectivity index (χ2n) is 4.08. The number of carboxylic acid groups (broad SMARTS) is 1. The highest BCUT2D eigenvalue weighted by Gasteiger charge is 2.27. The number of hydrogen-bond donors (Lipinski definition) is 1. The van der Waals surface area contributed by atoms with E-state index < -0.39 is 18.6 Å². The van der Waals surface area contributed by atoms with E-state index in [1.54, 1.807) is 24.1 Å². The molecule has 1 N–H and O–H groups in total. The first-order valence-electron chi connectivity index (χ1n) is 5.51. The van der Waals surface area contributed by atoms with E-state index >= 15 is 0 Å². The van der Waals surface area contributed by atoms with Gasteiger partial charge in [-0.05, 0) is 25.3 Å². The monoisotopic (exact) mass is 293 g/mol. The van der Waals surface area contributed by atoms with Crippen molar-refractivity contribution >= 4 is 23.4 Å². The van der Waals surface area contributed by atoms with E-state index in [1.807, 2.05) is 0 Å². The summed E-state index contributed by atoms with van der Waals surface area (Å²) in [5.74, 6) is -1.03. The van der Waals surface area contributed by atoms with Crippen molar-refractivity contribution in [3.8, 4) is 0 Å². The van der Waals surface area contributed by atoms with Gasteiger partial charge in [0.25, 0.3) is 0 Å². The van der Waals surface area contributed by atoms with Crippen LogP contribution in [0.5, 0.6) is 0 Å². The minimum Gasteiger partial charge on any atom is -0.478 e. The highest BCUT2D eigenvalue weighted by molar-refractivity contribution is 7.12. The average molecular weight is 293 g/mol. The third-order valence-corrected chi connectivity index (χ3v) is 3.31. The van der Waals surface area contributed by atoms with Crippen LogP contribution in [0.1, 0.15) is 16.2 Å². The van der Waals surface area contributed by atoms with Gasteiger partial charge in [0.1, 0.15) is 0 Å². The Bertz CT molecular complexity index is 454. The van der Waals surface area contributed by atoms with Crippen molar-refractivity contribution in [1.82, 2.24) is 4.90 Å². The van der Waals surface area contributed by atoms with Gasteiger partial charge in [0.15, 0.2) is 0 Å². The second-order valence-corrected chi connectivity index (χ2v) is 5.28. The SMILES string of the molecule is CN(CCC(F)(F)F)Cc1ccc(C=CC(=O)O)s1. The number of thiophene rings is 1. The zero-order valence-electron chi connectivity index (χ0n) is 10.3. The molecule has 0 aliphatic heterocycles. The largest absolute Gasteiger partial charge is 0.478 e. The molecule has 0 atom stereocenters. The van der Waals surface area contributed by atoms with Crippen LogP contribution in [-0.4, -0.2) is 35.7 Å². The van der Waals surface area contributed by atoms with Gasteiger partial charge in [0.2, 0.25) is 0 Å². The Balaban J connectivity index is 2.47. The van der Waals surface area contributed by atoms with Crippen molar-refractivity contribution in [2.45, 2.75) is 19.1 Å². The summed E-state index contributed by atoms with van der Waals surface area (Å²) in [6.07, 6.45) is -2.48. The lowest BCUT2D eigenvalue weighted by molar-refractivity contribution is -0.137. The molecule has 106 valence electrons. The van der Waals surface area contributed by atoms with Crippen molar-refractivity contribution in [2.75, 3.05) is 13.6 Å². The summed E-state index contributed by atoms with van der Waals surface area (Å²) < 4.78 is 36.1. The highest BCUT2D eigenvalue weighted by Crippen LogP contribution is 2.22. The Morgan fingerprint density at radius 2 is 2.16 bits per heavy atom. The van der Waals surface area contributed by atoms with Crippen LogP contribution >= 0.6 is 11.3 Å². The van der Waals surface area contributed by atoms with Gasteiger partial charge >= 0.3 is 12.1 Å². The van der Waals surface area contributed by atoms with Crippen molar-refractivity contribution in [2.24, 2.45) is 0 Å². The van der Waals surface area contributed by atoms with Crippen molar-refractivity contribution < 1.29 is 23.1 Å². The Labute approximate surface area is 113 Å². The van der Waals surface area contributed by atoms with E-state index in [1.165, 1.54) is 17.4 Å². The number of hydrogen-bond acceptors (Lipinski definition) is 3. The molecule has 0 aliphatic rings. The van der Waals surface area contributed by atoms with Gasteiger partial charge in [-0.3, -0.25) is 0 Å². The first kappa shape index (κ1) is 15.7. The standard InChI is InChI=1S/C12H14F3NO2S/c1-16(7-6-12(13,14)15)8-10-3-2-9(19-10)4-5-11(17)18/h2-5H,6-8H2,1H3,(H,17,18). The normalized spacial score (nSPS) is 12.5. The van der Waals surface area contributed by atoms with Gasteiger partial charge in [0.05, 0.1) is 6.42 Å². The molecule has 1 rings (SSSR count). The Morgan fingerprint density at radius 1 is 1.47 bits per heavy atom. The smallest absolute Gasteiger partial charge is 0.390 e. The fraction of sp³-hybridized carbons (Fsp3) is 0.417. The molecule has 1 aromatic rings. The van der Waals surface area contributed by atoms with Gasteiger partial charge < -0.3 is 10.0 Å². The Morgan fingerprint density at radius 3 is 2.74 bits per heavy atom. The van der Waals surface area contributed by atoms with Crippen LogP contribution in [0.4, 0.5) is 13.2 Å². The molecule has 0 spiro atoms. The predicted molar refractivity (Wildman–Crippen MR) is 68.0 cm³/mol. The molecule has 0 saturated carbocycles. The van der Waals surface area contributed by atoms with E-state index in [9.17, 15) is 18.0 Å². The maximum Gasteiger partial charge on any atom is 0.390 e. The second kappa shape index (κ2) is 6.72. The van der Waals surface area contributed by atoms with Gasteiger partial charge in [-0.2, -0.15) is 13.2 Å². The molecule has 0 bridgehead atoms. The number of aliphatic carboxylic acids is 1. The quantitative estimate of drug-likeness (QED) is 0.819. The van der Waals surface area contributed by atoms with E-state index in [4.69, 9.17) is 5.11 Å². The Kier molecular flexibility index (Phi) is 5.56. The van der Waals surface area contributed by atoms with E-state index in [2.05, 4.69) is 0 Å². The molecular weight excluding hydrogens is 279 g/mol. The van der Waals surface area contributed by atoms with E-state index in [0.717, 1.165) is 15.8 Å². The molecule has 7 heteroatoms. The zero-order valence-corrected chi connectivity index (χ0v) is 11.1. The predicted octanol–water partition coefficient (Wildman–Crippen LogP) is 3.23. The molecule has 3 nitrogen and oxygen atoms in total. The van der Waals surface area contributed by atoms with Crippen LogP contribution in [0.15, 0.2) is 18.2 Å². The topological polar surface area (TPSA) is 40.5 Å². The molecule has 1 heterocycles. The van der Waals surface area contributed by atoms with Gasteiger partial charge in [-0.25, -0.2) is 4.79 Å². The van der Waals surface area contributed by atoms with Gasteiger partial charge in [-0.1, -0.05) is 0 Å². The van der Waals surface area contributed by atoms with E-state index in [0.29, 0.717) is 6.54 Å². The van der Waals surface area contributed by atoms with Crippen LogP contribution in [0, 0.1) is 0 Å². The first-order chi connectivity index (χ1) is 8.76. The molecule has 0 saturated heterocycles. The molecule has 0 aliphatic carbocycles. The summed E-state index contributed by atoms with van der Waals surface area (Å²) in [4.78, 5) is 13.6. The third kappa shape index (κ3) is 6.97. The van der Waals surface area contributed by atoms with Crippen LogP contribution < -0.4 is 0 Å². The van der Waals surface area contributed by atoms with Crippen molar-refractivity contribution in [3.05, 3.63) is 28.0 Å². The summed E-state index contributed by atoms with van der Waals surface area (Å²) in [6.45, 7) is 0.364. The van der Waals surface area contributed by atoms with Crippen molar-refractivity contribution in [3.63, 3.8) is 0 Å². The molecule has 1 aromatic heterocycles. The van der Waals surface area contributed by atoms with E-state index in [-0.39, 0.29) is 6.54 Å². The first-order valence-corrected chi connectivity index (χ1v) is 6.33. The summed E-state index contributed by atoms with van der Waals surface area (Å²) >= 11 is 1.36. The molecule has 0 radical (unpaired) electrons. The van der Waals surface area contributed by atoms with Crippen LogP contribution in [-0.2, 0) is 11.3 Å². The number of carbonyl (C=O) groups is 1. The molecule has 0 aromatic carbocycles. The van der Waals surface area contributed by atoms with Crippen molar-refractivity contribution in [1.29, 1.82) is 0 Å². The lowest BCUT2D eigenvalue weighted by Gasteiger charge is -2.16. The van der Waals surface area contributed by atoms with Gasteiger partial charge in [-0.15, -0.1) is 11.3 Å². The molecule has 0 amide bonds. The molecule has 0 unspecified atom stereocenters. The highest BCUT2D eigenvalue weighted by atomic mass is 32.1. The summed E-state index contributed by atoms with van der Waals surface area (Å²) in [7, 11) is 1.62. The number of halogens is 3. The number of carboxylic acids is 1. The zero-order chi connectivity index (χ0) is 14.5. The third-order valence-electron chi connectivity index (χ3n) is 2.28. The maximum atomic E-state index is 12.0. The Hall–Kier alpha value is -1.34. The van der Waals surface area contributed by atoms with Gasteiger partial charge in [0, 0.05) is 28.9 Å². The average Bonchev–Trinajstić information content (AvgIpc) is 2.70. The summed E-state index contributed by atoms with van der Waals surface area (Å²) in [5.41, 5.74) is 0. The lowest BCUT2D eigenvalue weighted by Crippen LogP contribution is -2.23. The lowest BCUT2D eigenvalue weighted by atomic mass is 10.3. The maximum absolute atomic E-state index is 12.0. The fourth-order valence-electron chi connectivity index (χ4n) is 1.39. The molecule has 0 fully saturated rings. The number of nitrogens with zero attached hydrogens (tertiary/aromatic N) is 1.